The van der Waals surface area contributed by atoms with Crippen LogP contribution >= 0.6 is 0 Å². The molecule has 0 saturated heterocycles. The van der Waals surface area contributed by atoms with Crippen molar-refractivity contribution in [3.05, 3.63) is 0 Å². The number of rotatable bonds is 4. The van der Waals surface area contributed by atoms with Crippen molar-refractivity contribution >= 4 is 61.5 Å². The Bertz CT molecular complexity index is 152. The zero-order valence-electron chi connectivity index (χ0n) is 5.50. The molecule has 0 aliphatic rings. The van der Waals surface area contributed by atoms with Gasteiger partial charge in [0, 0.05) is 0 Å². The molecule has 3 nitrogen and oxygen atoms in total. The summed E-state index contributed by atoms with van der Waals surface area (Å²) in [6, 6.07) is 0. The fraction of sp³-hybridized carbons (Fsp3) is 1.00. The van der Waals surface area contributed by atoms with E-state index in [0.29, 0.717) is 6.42 Å². The van der Waals surface area contributed by atoms with E-state index in [2.05, 4.69) is 0 Å². The molecule has 0 spiro atoms. The predicted molar refractivity (Wildman–Crippen MR) is 43.1 cm³/mol. The molecule has 0 heterocycles. The maximum absolute atomic E-state index is 10.1. The third kappa shape index (κ3) is 12.2. The Kier molecular flexibility index (Phi) is 10.2. The molecule has 0 amide bonds. The van der Waals surface area contributed by atoms with Crippen LogP contribution < -0.4 is 0 Å². The molecule has 0 saturated carbocycles. The van der Waals surface area contributed by atoms with Crippen LogP contribution in [-0.2, 0) is 10.1 Å². The summed E-state index contributed by atoms with van der Waals surface area (Å²) < 4.78 is 28.3. The SMILES string of the molecule is CCCCCS(=O)(=O)O.[KH]. The van der Waals surface area contributed by atoms with Crippen LogP contribution in [0.15, 0.2) is 0 Å². The van der Waals surface area contributed by atoms with Crippen LogP contribution in [0, 0.1) is 0 Å². The zero-order valence-corrected chi connectivity index (χ0v) is 6.32. The van der Waals surface area contributed by atoms with Crippen molar-refractivity contribution in [2.24, 2.45) is 0 Å². The number of unbranched alkanes of at least 4 members (excludes halogenated alkanes) is 2. The van der Waals surface area contributed by atoms with E-state index in [1.165, 1.54) is 0 Å². The van der Waals surface area contributed by atoms with Gasteiger partial charge in [-0.2, -0.15) is 8.42 Å². The van der Waals surface area contributed by atoms with Crippen LogP contribution in [0.1, 0.15) is 26.2 Å². The van der Waals surface area contributed by atoms with Crippen molar-refractivity contribution in [2.75, 3.05) is 5.75 Å². The van der Waals surface area contributed by atoms with Gasteiger partial charge in [0.15, 0.2) is 0 Å². The molecular formula is C5H13KO3S. The summed E-state index contributed by atoms with van der Waals surface area (Å²) in [5.74, 6) is -0.0964. The van der Waals surface area contributed by atoms with E-state index in [1.807, 2.05) is 6.92 Å². The average Bonchev–Trinajstić information content (AvgIpc) is 1.63. The van der Waals surface area contributed by atoms with Crippen molar-refractivity contribution < 1.29 is 13.0 Å². The third-order valence-corrected chi connectivity index (χ3v) is 1.81. The predicted octanol–water partition coefficient (Wildman–Crippen LogP) is 0.416. The summed E-state index contributed by atoms with van der Waals surface area (Å²) >= 11 is 0. The molecule has 0 atom stereocenters. The summed E-state index contributed by atoms with van der Waals surface area (Å²) in [5.41, 5.74) is 0. The zero-order chi connectivity index (χ0) is 7.33. The van der Waals surface area contributed by atoms with Crippen LogP contribution in [-0.4, -0.2) is 70.1 Å². The molecule has 0 bridgehead atoms. The first-order chi connectivity index (χ1) is 4.06. The molecule has 5 heteroatoms. The van der Waals surface area contributed by atoms with Gasteiger partial charge in [0.25, 0.3) is 10.1 Å². The number of hydrogen-bond acceptors (Lipinski definition) is 2. The Morgan fingerprint density at radius 1 is 1.30 bits per heavy atom. The first-order valence-electron chi connectivity index (χ1n) is 3.01. The van der Waals surface area contributed by atoms with E-state index in [0.717, 1.165) is 12.8 Å². The first-order valence-corrected chi connectivity index (χ1v) is 4.62. The number of hydrogen-bond donors (Lipinski definition) is 1. The van der Waals surface area contributed by atoms with Crippen molar-refractivity contribution in [2.45, 2.75) is 26.2 Å². The third-order valence-electron chi connectivity index (χ3n) is 1.01. The van der Waals surface area contributed by atoms with Gasteiger partial charge in [-0.25, -0.2) is 0 Å². The summed E-state index contributed by atoms with van der Waals surface area (Å²) in [7, 11) is -3.70. The first kappa shape index (κ1) is 14.1. The Labute approximate surface area is 105 Å². The second-order valence-electron chi connectivity index (χ2n) is 1.99. The van der Waals surface area contributed by atoms with Gasteiger partial charge >= 0.3 is 51.4 Å². The van der Waals surface area contributed by atoms with Crippen LogP contribution in [0.4, 0.5) is 0 Å². The summed E-state index contributed by atoms with van der Waals surface area (Å²) in [6.07, 6.45) is 2.39. The van der Waals surface area contributed by atoms with Crippen molar-refractivity contribution in [1.29, 1.82) is 0 Å². The van der Waals surface area contributed by atoms with E-state index in [4.69, 9.17) is 4.55 Å². The topological polar surface area (TPSA) is 54.4 Å². The molecule has 0 fully saturated rings. The van der Waals surface area contributed by atoms with Gasteiger partial charge in [-0.15, -0.1) is 0 Å². The van der Waals surface area contributed by atoms with Crippen molar-refractivity contribution in [1.82, 2.24) is 0 Å². The molecule has 0 rings (SSSR count). The van der Waals surface area contributed by atoms with Crippen LogP contribution in [0.3, 0.4) is 0 Å². The molecule has 0 aromatic carbocycles. The van der Waals surface area contributed by atoms with Gasteiger partial charge in [0.2, 0.25) is 0 Å². The van der Waals surface area contributed by atoms with Gasteiger partial charge < -0.3 is 0 Å². The molecule has 0 unspecified atom stereocenters. The molecule has 58 valence electrons. The van der Waals surface area contributed by atoms with E-state index in [1.54, 1.807) is 0 Å². The second-order valence-corrected chi connectivity index (χ2v) is 3.57. The summed E-state index contributed by atoms with van der Waals surface area (Å²) in [5, 5.41) is 0. The van der Waals surface area contributed by atoms with Crippen LogP contribution in [0.2, 0.25) is 0 Å². The van der Waals surface area contributed by atoms with Gasteiger partial charge in [-0.3, -0.25) is 4.55 Å². The second kappa shape index (κ2) is 7.21. The molecule has 0 aromatic rings. The van der Waals surface area contributed by atoms with Crippen molar-refractivity contribution in [3.63, 3.8) is 0 Å². The van der Waals surface area contributed by atoms with E-state index in [-0.39, 0.29) is 57.1 Å². The standard InChI is InChI=1S/C5H12O3S.K.H/c1-2-3-4-5-9(6,7)8;;/h2-5H2,1H3,(H,6,7,8);;. The summed E-state index contributed by atoms with van der Waals surface area (Å²) in [4.78, 5) is 0. The Morgan fingerprint density at radius 2 is 1.80 bits per heavy atom. The van der Waals surface area contributed by atoms with E-state index >= 15 is 0 Å². The van der Waals surface area contributed by atoms with Gasteiger partial charge in [0.1, 0.15) is 0 Å². The fourth-order valence-corrected chi connectivity index (χ4v) is 1.10. The molecule has 10 heavy (non-hydrogen) atoms. The van der Waals surface area contributed by atoms with Crippen LogP contribution in [0.5, 0.6) is 0 Å². The average molecular weight is 192 g/mol. The normalized spacial score (nSPS) is 10.6. The molecular weight excluding hydrogens is 179 g/mol. The Balaban J connectivity index is 0. The Morgan fingerprint density at radius 3 is 2.10 bits per heavy atom. The minimum absolute atomic E-state index is 0. The van der Waals surface area contributed by atoms with Gasteiger partial charge in [0.05, 0.1) is 5.75 Å². The molecule has 0 aromatic heterocycles. The van der Waals surface area contributed by atoms with E-state index in [9.17, 15) is 8.42 Å². The maximum atomic E-state index is 10.1. The molecule has 0 aliphatic heterocycles. The van der Waals surface area contributed by atoms with Crippen LogP contribution in [0.25, 0.3) is 0 Å². The molecule has 0 radical (unpaired) electrons. The molecule has 1 N–H and O–H groups in total. The van der Waals surface area contributed by atoms with Gasteiger partial charge in [-0.1, -0.05) is 19.8 Å². The van der Waals surface area contributed by atoms with Crippen molar-refractivity contribution in [3.8, 4) is 0 Å². The summed E-state index contributed by atoms with van der Waals surface area (Å²) in [6.45, 7) is 1.98. The van der Waals surface area contributed by atoms with Gasteiger partial charge in [-0.05, 0) is 6.42 Å². The fourth-order valence-electron chi connectivity index (χ4n) is 0.534. The molecule has 0 aliphatic carbocycles. The monoisotopic (exact) mass is 192 g/mol. The minimum atomic E-state index is -3.70. The Hall–Kier alpha value is 1.55. The quantitative estimate of drug-likeness (QED) is 0.399. The van der Waals surface area contributed by atoms with E-state index < -0.39 is 10.1 Å².